The summed E-state index contributed by atoms with van der Waals surface area (Å²) in [5, 5.41) is 0. The highest BCUT2D eigenvalue weighted by Gasteiger charge is 2.19. The maximum Gasteiger partial charge on any atom is 0.125 e. The molecule has 1 fully saturated rings. The van der Waals surface area contributed by atoms with Gasteiger partial charge in [0.1, 0.15) is 11.6 Å². The van der Waals surface area contributed by atoms with E-state index in [2.05, 4.69) is 9.55 Å². The summed E-state index contributed by atoms with van der Waals surface area (Å²) < 4.78 is 15.4. The zero-order valence-electron chi connectivity index (χ0n) is 10.2. The van der Waals surface area contributed by atoms with Gasteiger partial charge in [-0.25, -0.2) is 9.37 Å². The molecule has 0 atom stereocenters. The Kier molecular flexibility index (Phi) is 3.25. The first kappa shape index (κ1) is 12.0. The second kappa shape index (κ2) is 4.88. The fraction of sp³-hybridized carbons (Fsp3) is 0.500. The molecule has 18 heavy (non-hydrogen) atoms. The summed E-state index contributed by atoms with van der Waals surface area (Å²) in [6.45, 7) is 0.962. The molecule has 1 heterocycles. The van der Waals surface area contributed by atoms with Crippen molar-refractivity contribution in [2.75, 3.05) is 0 Å². The predicted octanol–water partition coefficient (Wildman–Crippen LogP) is 4.10. The number of benzene rings is 1. The van der Waals surface area contributed by atoms with E-state index in [1.54, 1.807) is 0 Å². The van der Waals surface area contributed by atoms with Gasteiger partial charge in [0.15, 0.2) is 0 Å². The molecule has 0 radical (unpaired) electrons. The highest BCUT2D eigenvalue weighted by Crippen LogP contribution is 2.28. The summed E-state index contributed by atoms with van der Waals surface area (Å²) in [6.07, 6.45) is 5.20. The van der Waals surface area contributed by atoms with Crippen LogP contribution in [0.25, 0.3) is 11.0 Å². The number of nitrogens with zero attached hydrogens (tertiary/aromatic N) is 2. The number of aromatic nitrogens is 2. The Bertz CT molecular complexity index is 558. The van der Waals surface area contributed by atoms with Crippen LogP contribution in [0.4, 0.5) is 4.39 Å². The van der Waals surface area contributed by atoms with Crippen molar-refractivity contribution < 1.29 is 4.39 Å². The average Bonchev–Trinajstić information content (AvgIpc) is 2.97. The number of imidazole rings is 1. The standard InChI is InChI=1S/C14H16ClFN2/c15-8-14-17-12-7-11(16)5-6-13(12)18(14)9-10-3-1-2-4-10/h5-7,10H,1-4,8-9H2. The van der Waals surface area contributed by atoms with Crippen molar-refractivity contribution in [3.05, 3.63) is 29.8 Å². The molecular formula is C14H16ClFN2. The van der Waals surface area contributed by atoms with Gasteiger partial charge in [-0.2, -0.15) is 0 Å². The lowest BCUT2D eigenvalue weighted by molar-refractivity contribution is 0.457. The summed E-state index contributed by atoms with van der Waals surface area (Å²) >= 11 is 5.95. The average molecular weight is 267 g/mol. The highest BCUT2D eigenvalue weighted by atomic mass is 35.5. The SMILES string of the molecule is Fc1ccc2c(c1)nc(CCl)n2CC1CCCC1. The van der Waals surface area contributed by atoms with Gasteiger partial charge in [-0.3, -0.25) is 0 Å². The molecule has 1 saturated carbocycles. The minimum Gasteiger partial charge on any atom is -0.327 e. The molecule has 0 amide bonds. The van der Waals surface area contributed by atoms with Crippen molar-refractivity contribution in [2.45, 2.75) is 38.1 Å². The molecule has 0 spiro atoms. The van der Waals surface area contributed by atoms with Crippen molar-refractivity contribution in [3.8, 4) is 0 Å². The number of halogens is 2. The molecule has 1 aliphatic rings. The van der Waals surface area contributed by atoms with E-state index < -0.39 is 0 Å². The fourth-order valence-electron chi connectivity index (χ4n) is 2.91. The number of fused-ring (bicyclic) bond motifs is 1. The summed E-state index contributed by atoms with van der Waals surface area (Å²) in [6, 6.07) is 4.78. The van der Waals surface area contributed by atoms with Gasteiger partial charge in [-0.1, -0.05) is 12.8 Å². The van der Waals surface area contributed by atoms with E-state index in [0.717, 1.165) is 23.8 Å². The first-order chi connectivity index (χ1) is 8.78. The van der Waals surface area contributed by atoms with Crippen LogP contribution < -0.4 is 0 Å². The van der Waals surface area contributed by atoms with E-state index in [-0.39, 0.29) is 5.82 Å². The van der Waals surface area contributed by atoms with Crippen LogP contribution in [-0.2, 0) is 12.4 Å². The maximum absolute atomic E-state index is 13.2. The van der Waals surface area contributed by atoms with E-state index >= 15 is 0 Å². The summed E-state index contributed by atoms with van der Waals surface area (Å²) in [5.74, 6) is 1.70. The highest BCUT2D eigenvalue weighted by molar-refractivity contribution is 6.16. The number of rotatable bonds is 3. The number of hydrogen-bond donors (Lipinski definition) is 0. The van der Waals surface area contributed by atoms with Crippen LogP contribution in [0.5, 0.6) is 0 Å². The normalized spacial score (nSPS) is 16.8. The van der Waals surface area contributed by atoms with Gasteiger partial charge in [0.05, 0.1) is 16.9 Å². The summed E-state index contributed by atoms with van der Waals surface area (Å²) in [4.78, 5) is 4.43. The topological polar surface area (TPSA) is 17.8 Å². The zero-order valence-corrected chi connectivity index (χ0v) is 11.0. The third kappa shape index (κ3) is 2.12. The van der Waals surface area contributed by atoms with Crippen LogP contribution >= 0.6 is 11.6 Å². The van der Waals surface area contributed by atoms with Gasteiger partial charge in [0, 0.05) is 12.6 Å². The largest absolute Gasteiger partial charge is 0.327 e. The Morgan fingerprint density at radius 2 is 2.11 bits per heavy atom. The molecule has 0 aliphatic heterocycles. The smallest absolute Gasteiger partial charge is 0.125 e. The Labute approximate surface area is 111 Å². The van der Waals surface area contributed by atoms with E-state index in [1.165, 1.54) is 37.8 Å². The van der Waals surface area contributed by atoms with Gasteiger partial charge in [0.2, 0.25) is 0 Å². The molecule has 0 saturated heterocycles. The molecule has 0 bridgehead atoms. The van der Waals surface area contributed by atoms with Crippen LogP contribution in [0.3, 0.4) is 0 Å². The predicted molar refractivity (Wildman–Crippen MR) is 71.2 cm³/mol. The Hall–Kier alpha value is -1.09. The molecule has 4 heteroatoms. The number of alkyl halides is 1. The van der Waals surface area contributed by atoms with E-state index in [9.17, 15) is 4.39 Å². The van der Waals surface area contributed by atoms with Crippen molar-refractivity contribution >= 4 is 22.6 Å². The molecule has 1 aliphatic carbocycles. The van der Waals surface area contributed by atoms with Gasteiger partial charge < -0.3 is 4.57 Å². The third-order valence-electron chi connectivity index (χ3n) is 3.82. The molecule has 2 aromatic rings. The minimum atomic E-state index is -0.242. The van der Waals surface area contributed by atoms with Crippen molar-refractivity contribution in [1.82, 2.24) is 9.55 Å². The lowest BCUT2D eigenvalue weighted by Crippen LogP contribution is -2.09. The Morgan fingerprint density at radius 1 is 1.33 bits per heavy atom. The lowest BCUT2D eigenvalue weighted by atomic mass is 10.1. The van der Waals surface area contributed by atoms with E-state index in [0.29, 0.717) is 11.4 Å². The third-order valence-corrected chi connectivity index (χ3v) is 4.06. The monoisotopic (exact) mass is 266 g/mol. The first-order valence-electron chi connectivity index (χ1n) is 6.48. The summed E-state index contributed by atoms with van der Waals surface area (Å²) in [7, 11) is 0. The molecular weight excluding hydrogens is 251 g/mol. The second-order valence-corrected chi connectivity index (χ2v) is 5.32. The maximum atomic E-state index is 13.2. The molecule has 1 aromatic carbocycles. The molecule has 0 unspecified atom stereocenters. The van der Waals surface area contributed by atoms with Crippen LogP contribution in [-0.4, -0.2) is 9.55 Å². The molecule has 1 aromatic heterocycles. The minimum absolute atomic E-state index is 0.242. The first-order valence-corrected chi connectivity index (χ1v) is 7.02. The quantitative estimate of drug-likeness (QED) is 0.765. The molecule has 0 N–H and O–H groups in total. The second-order valence-electron chi connectivity index (χ2n) is 5.06. The van der Waals surface area contributed by atoms with Gasteiger partial charge in [0.25, 0.3) is 0 Å². The fourth-order valence-corrected chi connectivity index (χ4v) is 3.11. The van der Waals surface area contributed by atoms with E-state index in [4.69, 9.17) is 11.6 Å². The van der Waals surface area contributed by atoms with Gasteiger partial charge in [-0.15, -0.1) is 11.6 Å². The molecule has 2 nitrogen and oxygen atoms in total. The van der Waals surface area contributed by atoms with Crippen molar-refractivity contribution in [3.63, 3.8) is 0 Å². The van der Waals surface area contributed by atoms with Crippen LogP contribution in [0, 0.1) is 11.7 Å². The Balaban J connectivity index is 2.01. The van der Waals surface area contributed by atoms with Gasteiger partial charge in [-0.05, 0) is 30.9 Å². The lowest BCUT2D eigenvalue weighted by Gasteiger charge is -2.13. The van der Waals surface area contributed by atoms with Crippen LogP contribution in [0.15, 0.2) is 18.2 Å². The van der Waals surface area contributed by atoms with Crippen LogP contribution in [0.1, 0.15) is 31.5 Å². The molecule has 3 rings (SSSR count). The van der Waals surface area contributed by atoms with Gasteiger partial charge >= 0.3 is 0 Å². The van der Waals surface area contributed by atoms with E-state index in [1.807, 2.05) is 6.07 Å². The molecule has 96 valence electrons. The number of hydrogen-bond acceptors (Lipinski definition) is 1. The summed E-state index contributed by atoms with van der Waals surface area (Å²) in [5.41, 5.74) is 1.71. The van der Waals surface area contributed by atoms with Crippen molar-refractivity contribution in [1.29, 1.82) is 0 Å². The van der Waals surface area contributed by atoms with Crippen molar-refractivity contribution in [2.24, 2.45) is 5.92 Å². The Morgan fingerprint density at radius 3 is 2.83 bits per heavy atom. The zero-order chi connectivity index (χ0) is 12.5. The van der Waals surface area contributed by atoms with Crippen LogP contribution in [0.2, 0.25) is 0 Å².